The predicted octanol–water partition coefficient (Wildman–Crippen LogP) is -2.15. The van der Waals surface area contributed by atoms with Gasteiger partial charge in [0.1, 0.15) is 6.04 Å². The van der Waals surface area contributed by atoms with Crippen molar-refractivity contribution in [1.82, 2.24) is 5.32 Å². The van der Waals surface area contributed by atoms with E-state index in [2.05, 4.69) is 29.0 Å². The van der Waals surface area contributed by atoms with E-state index < -0.39 is 12.0 Å². The van der Waals surface area contributed by atoms with Crippen LogP contribution in [0, 0.1) is 5.41 Å². The number of hydrogen-bond donors (Lipinski definition) is 7. The van der Waals surface area contributed by atoms with E-state index in [-0.39, 0.29) is 11.1 Å². The van der Waals surface area contributed by atoms with Gasteiger partial charge in [-0.2, -0.15) is 0 Å². The molecule has 0 saturated heterocycles. The molecule has 9 heteroatoms. The second-order valence-electron chi connectivity index (χ2n) is 2.83. The van der Waals surface area contributed by atoms with Crippen LogP contribution in [0.25, 0.3) is 0 Å². The molecule has 8 nitrogen and oxygen atoms in total. The molecule has 0 aliphatic heterocycles. The highest BCUT2D eigenvalue weighted by Crippen LogP contribution is 1.92. The second kappa shape index (κ2) is 9.93. The van der Waals surface area contributed by atoms with Crippen LogP contribution in [-0.4, -0.2) is 34.7 Å². The molecule has 11 N–H and O–H groups in total. The average molecular weight is 250 g/mol. The Labute approximate surface area is 98.8 Å². The molecule has 0 aromatic heterocycles. The van der Waals surface area contributed by atoms with Gasteiger partial charge in [0, 0.05) is 6.54 Å². The van der Waals surface area contributed by atoms with Crippen LogP contribution in [-0.2, 0) is 4.79 Å². The number of rotatable bonds is 5. The van der Waals surface area contributed by atoms with Crippen LogP contribution in [0.3, 0.4) is 0 Å². The molecule has 0 rings (SSSR count). The highest BCUT2D eigenvalue weighted by atomic mass is 32.1. The Bertz CT molecular complexity index is 243. The molecular weight excluding hydrogens is 232 g/mol. The van der Waals surface area contributed by atoms with E-state index >= 15 is 0 Å². The lowest BCUT2D eigenvalue weighted by molar-refractivity contribution is -0.138. The van der Waals surface area contributed by atoms with E-state index in [0.29, 0.717) is 19.4 Å². The third-order valence-corrected chi connectivity index (χ3v) is 1.32. The van der Waals surface area contributed by atoms with Crippen molar-refractivity contribution >= 4 is 29.3 Å². The van der Waals surface area contributed by atoms with Crippen molar-refractivity contribution in [3.63, 3.8) is 0 Å². The van der Waals surface area contributed by atoms with E-state index in [1.807, 2.05) is 0 Å². The summed E-state index contributed by atoms with van der Waals surface area (Å²) >= 11 is 4.09. The van der Waals surface area contributed by atoms with Gasteiger partial charge in [0.15, 0.2) is 11.1 Å². The summed E-state index contributed by atoms with van der Waals surface area (Å²) in [7, 11) is 0. The number of aliphatic carboxylic acids is 1. The van der Waals surface area contributed by atoms with Crippen LogP contribution in [0.1, 0.15) is 12.8 Å². The summed E-state index contributed by atoms with van der Waals surface area (Å²) in [5.74, 6) is -1.11. The predicted molar refractivity (Wildman–Crippen MR) is 65.7 cm³/mol. The second-order valence-corrected chi connectivity index (χ2v) is 3.30. The van der Waals surface area contributed by atoms with E-state index in [1.165, 1.54) is 0 Å². The van der Waals surface area contributed by atoms with Gasteiger partial charge < -0.3 is 33.4 Å². The third kappa shape index (κ3) is 18.2. The van der Waals surface area contributed by atoms with Gasteiger partial charge in [0.05, 0.1) is 0 Å². The summed E-state index contributed by atoms with van der Waals surface area (Å²) in [6.45, 7) is 0.482. The van der Waals surface area contributed by atoms with Crippen LogP contribution in [0.4, 0.5) is 0 Å². The van der Waals surface area contributed by atoms with Crippen LogP contribution >= 0.6 is 12.2 Å². The Morgan fingerprint density at radius 1 is 1.44 bits per heavy atom. The van der Waals surface area contributed by atoms with E-state index in [0.717, 1.165) is 0 Å². The van der Waals surface area contributed by atoms with Crippen molar-refractivity contribution in [1.29, 1.82) is 5.41 Å². The van der Waals surface area contributed by atoms with Crippen molar-refractivity contribution in [2.45, 2.75) is 18.9 Å². The Morgan fingerprint density at radius 3 is 2.19 bits per heavy atom. The molecule has 0 aromatic rings. The van der Waals surface area contributed by atoms with Gasteiger partial charge >= 0.3 is 5.97 Å². The van der Waals surface area contributed by atoms with Crippen molar-refractivity contribution < 1.29 is 9.90 Å². The maximum atomic E-state index is 10.2. The van der Waals surface area contributed by atoms with Crippen molar-refractivity contribution in [2.75, 3.05) is 6.54 Å². The molecule has 1 unspecified atom stereocenters. The first-order chi connectivity index (χ1) is 7.27. The van der Waals surface area contributed by atoms with Crippen LogP contribution in [0.5, 0.6) is 0 Å². The number of nitrogens with one attached hydrogen (secondary N) is 2. The van der Waals surface area contributed by atoms with Crippen molar-refractivity contribution in [3.05, 3.63) is 0 Å². The fourth-order valence-electron chi connectivity index (χ4n) is 0.669. The van der Waals surface area contributed by atoms with Crippen molar-refractivity contribution in [2.24, 2.45) is 22.9 Å². The normalized spacial score (nSPS) is 10.6. The molecule has 0 bridgehead atoms. The minimum Gasteiger partial charge on any atom is -0.480 e. The fraction of sp³-hybridized carbons (Fsp3) is 0.571. The topological polar surface area (TPSA) is 177 Å². The monoisotopic (exact) mass is 250 g/mol. The first kappa shape index (κ1) is 16.8. The van der Waals surface area contributed by atoms with Crippen LogP contribution in [0.2, 0.25) is 0 Å². The molecule has 0 amide bonds. The van der Waals surface area contributed by atoms with Gasteiger partial charge in [0.2, 0.25) is 0 Å². The number of carboxylic acids is 1. The minimum atomic E-state index is -1.00. The molecule has 0 aromatic carbocycles. The lowest BCUT2D eigenvalue weighted by Gasteiger charge is -2.06. The molecule has 0 spiro atoms. The first-order valence-corrected chi connectivity index (χ1v) is 4.79. The smallest absolute Gasteiger partial charge is 0.320 e. The molecule has 0 heterocycles. The quantitative estimate of drug-likeness (QED) is 0.125. The molecule has 0 aliphatic rings. The Morgan fingerprint density at radius 2 is 1.88 bits per heavy atom. The van der Waals surface area contributed by atoms with E-state index in [9.17, 15) is 4.79 Å². The van der Waals surface area contributed by atoms with E-state index in [4.69, 9.17) is 22.0 Å². The standard InChI is InChI=1S/C6H14N4O2.CH4N2S/c7-4(5(11)12)2-1-3-10-6(8)9;2-1(3)4/h4H,1-3,7H2,(H,11,12)(H4,8,9,10);(H4,2,3,4). The van der Waals surface area contributed by atoms with Gasteiger partial charge in [-0.15, -0.1) is 0 Å². The zero-order valence-electron chi connectivity index (χ0n) is 8.77. The summed E-state index contributed by atoms with van der Waals surface area (Å²) in [4.78, 5) is 10.2. The molecule has 0 saturated carbocycles. The largest absolute Gasteiger partial charge is 0.480 e. The average Bonchev–Trinajstić information content (AvgIpc) is 2.10. The van der Waals surface area contributed by atoms with Gasteiger partial charge in [-0.25, -0.2) is 0 Å². The highest BCUT2D eigenvalue weighted by Gasteiger charge is 2.09. The molecule has 0 radical (unpaired) electrons. The SMILES string of the molecule is N=C(N)NCCCC(N)C(=O)O.NC(N)=S. The summed E-state index contributed by atoms with van der Waals surface area (Å²) in [5, 5.41) is 17.7. The van der Waals surface area contributed by atoms with Crippen molar-refractivity contribution in [3.8, 4) is 0 Å². The summed E-state index contributed by atoms with van der Waals surface area (Å²) in [6.07, 6.45) is 0.975. The molecule has 0 fully saturated rings. The molecule has 0 aliphatic carbocycles. The number of nitrogens with two attached hydrogens (primary N) is 4. The maximum absolute atomic E-state index is 10.2. The molecule has 94 valence electrons. The van der Waals surface area contributed by atoms with Gasteiger partial charge in [-0.05, 0) is 25.1 Å². The molecule has 16 heavy (non-hydrogen) atoms. The lowest BCUT2D eigenvalue weighted by atomic mass is 10.2. The third-order valence-electron chi connectivity index (χ3n) is 1.32. The summed E-state index contributed by atoms with van der Waals surface area (Å²) in [5.41, 5.74) is 19.5. The Balaban J connectivity index is 0. The highest BCUT2D eigenvalue weighted by molar-refractivity contribution is 7.80. The van der Waals surface area contributed by atoms with Crippen LogP contribution < -0.4 is 28.3 Å². The fourth-order valence-corrected chi connectivity index (χ4v) is 0.669. The zero-order chi connectivity index (χ0) is 13.1. The molecular formula is C7H18N6O2S. The maximum Gasteiger partial charge on any atom is 0.320 e. The summed E-state index contributed by atoms with van der Waals surface area (Å²) in [6, 6.07) is -0.821. The number of carboxylic acid groups (broad SMARTS) is 1. The van der Waals surface area contributed by atoms with E-state index in [1.54, 1.807) is 0 Å². The molecule has 1 atom stereocenters. The number of thiocarbonyl (C=S) groups is 1. The minimum absolute atomic E-state index is 0.000000000000000222. The van der Waals surface area contributed by atoms with Gasteiger partial charge in [-0.1, -0.05) is 0 Å². The van der Waals surface area contributed by atoms with Crippen LogP contribution in [0.15, 0.2) is 0 Å². The zero-order valence-corrected chi connectivity index (χ0v) is 9.59. The van der Waals surface area contributed by atoms with Gasteiger partial charge in [-0.3, -0.25) is 10.2 Å². The summed E-state index contributed by atoms with van der Waals surface area (Å²) < 4.78 is 0. The Kier molecular flexibility index (Phi) is 10.4. The Hall–Kier alpha value is -1.61. The first-order valence-electron chi connectivity index (χ1n) is 4.38. The number of guanidine groups is 1. The lowest BCUT2D eigenvalue weighted by Crippen LogP contribution is -2.34. The van der Waals surface area contributed by atoms with Gasteiger partial charge in [0.25, 0.3) is 0 Å². The number of hydrogen-bond acceptors (Lipinski definition) is 4. The number of carbonyl (C=O) groups is 1.